The lowest BCUT2D eigenvalue weighted by Crippen LogP contribution is -2.08. The fourth-order valence-electron chi connectivity index (χ4n) is 1.37. The van der Waals surface area contributed by atoms with Crippen LogP contribution in [0.3, 0.4) is 0 Å². The molecule has 0 aliphatic rings. The van der Waals surface area contributed by atoms with E-state index in [9.17, 15) is 0 Å². The van der Waals surface area contributed by atoms with Crippen LogP contribution in [0, 0.1) is 0 Å². The van der Waals surface area contributed by atoms with Crippen molar-refractivity contribution in [3.05, 3.63) is 29.8 Å². The van der Waals surface area contributed by atoms with Crippen molar-refractivity contribution in [3.8, 4) is 0 Å². The molecule has 0 heterocycles. The summed E-state index contributed by atoms with van der Waals surface area (Å²) in [5.41, 5.74) is 13.7. The van der Waals surface area contributed by atoms with Crippen LogP contribution in [0.25, 0.3) is 0 Å². The van der Waals surface area contributed by atoms with E-state index in [-0.39, 0.29) is 6.04 Å². The number of aliphatic imine (C=N–C) groups is 1. The van der Waals surface area contributed by atoms with Crippen molar-refractivity contribution in [2.75, 3.05) is 5.75 Å². The highest BCUT2D eigenvalue weighted by Crippen LogP contribution is 2.20. The van der Waals surface area contributed by atoms with Crippen LogP contribution in [0.15, 0.2) is 29.3 Å². The number of amidine groups is 1. The molecule has 0 aromatic heterocycles. The second-order valence-corrected chi connectivity index (χ2v) is 4.78. The van der Waals surface area contributed by atoms with E-state index < -0.39 is 0 Å². The van der Waals surface area contributed by atoms with Crippen molar-refractivity contribution < 1.29 is 0 Å². The molecule has 88 valence electrons. The van der Waals surface area contributed by atoms with Gasteiger partial charge in [0.05, 0.1) is 5.69 Å². The van der Waals surface area contributed by atoms with Gasteiger partial charge in [0.2, 0.25) is 0 Å². The van der Waals surface area contributed by atoms with E-state index >= 15 is 0 Å². The highest BCUT2D eigenvalue weighted by molar-refractivity contribution is 8.13. The summed E-state index contributed by atoms with van der Waals surface area (Å²) < 4.78 is 0. The van der Waals surface area contributed by atoms with Crippen LogP contribution in [0.1, 0.15) is 31.9 Å². The zero-order valence-electron chi connectivity index (χ0n) is 9.81. The summed E-state index contributed by atoms with van der Waals surface area (Å²) in [5, 5.41) is 0.602. The second kappa shape index (κ2) is 6.55. The average Bonchev–Trinajstić information content (AvgIpc) is 2.28. The van der Waals surface area contributed by atoms with E-state index in [2.05, 4.69) is 18.8 Å². The van der Waals surface area contributed by atoms with Gasteiger partial charge in [-0.15, -0.1) is 0 Å². The highest BCUT2D eigenvalue weighted by atomic mass is 32.2. The van der Waals surface area contributed by atoms with Crippen LogP contribution in [0.5, 0.6) is 0 Å². The summed E-state index contributed by atoms with van der Waals surface area (Å²) in [6, 6.07) is 8.01. The molecule has 0 aliphatic carbocycles. The summed E-state index contributed by atoms with van der Waals surface area (Å²) in [6.07, 6.45) is 0.923. The molecule has 3 nitrogen and oxygen atoms in total. The molecule has 1 rings (SSSR count). The Hall–Kier alpha value is -1.00. The van der Waals surface area contributed by atoms with Gasteiger partial charge in [0.1, 0.15) is 0 Å². The molecule has 0 radical (unpaired) electrons. The molecular formula is C12H19N3S. The van der Waals surface area contributed by atoms with Gasteiger partial charge in [-0.3, -0.25) is 0 Å². The molecule has 0 amide bonds. The highest BCUT2D eigenvalue weighted by Gasteiger charge is 2.03. The van der Waals surface area contributed by atoms with Gasteiger partial charge in [-0.1, -0.05) is 37.7 Å². The summed E-state index contributed by atoms with van der Waals surface area (Å²) in [7, 11) is 0. The molecule has 1 aromatic carbocycles. The van der Waals surface area contributed by atoms with E-state index in [1.165, 1.54) is 0 Å². The Labute approximate surface area is 101 Å². The van der Waals surface area contributed by atoms with Crippen molar-refractivity contribution in [1.29, 1.82) is 0 Å². The summed E-state index contributed by atoms with van der Waals surface area (Å²) in [4.78, 5) is 4.33. The minimum absolute atomic E-state index is 0.0789. The Balaban J connectivity index is 2.86. The number of thioether (sulfide) groups is 1. The van der Waals surface area contributed by atoms with E-state index in [0.717, 1.165) is 23.4 Å². The van der Waals surface area contributed by atoms with Gasteiger partial charge in [-0.25, -0.2) is 4.99 Å². The van der Waals surface area contributed by atoms with Crippen LogP contribution in [-0.2, 0) is 0 Å². The number of benzene rings is 1. The molecule has 4 heteroatoms. The van der Waals surface area contributed by atoms with Gasteiger partial charge < -0.3 is 11.5 Å². The van der Waals surface area contributed by atoms with Gasteiger partial charge in [0, 0.05) is 6.04 Å². The summed E-state index contributed by atoms with van der Waals surface area (Å²) in [6.45, 7) is 4.12. The van der Waals surface area contributed by atoms with Gasteiger partial charge in [0.15, 0.2) is 5.17 Å². The summed E-state index contributed by atoms with van der Waals surface area (Å²) in [5.74, 6) is 0.934. The average molecular weight is 237 g/mol. The van der Waals surface area contributed by atoms with Crippen molar-refractivity contribution in [1.82, 2.24) is 0 Å². The Morgan fingerprint density at radius 3 is 2.81 bits per heavy atom. The zero-order valence-corrected chi connectivity index (χ0v) is 10.6. The number of nitrogens with zero attached hydrogens (tertiary/aromatic N) is 1. The third-order valence-corrected chi connectivity index (χ3v) is 2.95. The summed E-state index contributed by atoms with van der Waals surface area (Å²) >= 11 is 1.54. The number of hydrogen-bond acceptors (Lipinski definition) is 3. The molecule has 0 bridgehead atoms. The first kappa shape index (κ1) is 13.1. The SMILES string of the molecule is CCSC(N)=Nc1cccc(C(N)CC)c1. The molecule has 1 aromatic rings. The third kappa shape index (κ3) is 3.87. The van der Waals surface area contributed by atoms with Gasteiger partial charge in [-0.05, 0) is 29.9 Å². The van der Waals surface area contributed by atoms with Crippen LogP contribution < -0.4 is 11.5 Å². The standard InChI is InChI=1S/C12H19N3S/c1-3-11(13)9-6-5-7-10(8-9)15-12(14)16-4-2/h5-8,11H,3-4,13H2,1-2H3,(H2,14,15). The smallest absolute Gasteiger partial charge is 0.159 e. The predicted octanol–water partition coefficient (Wildman–Crippen LogP) is 2.80. The lowest BCUT2D eigenvalue weighted by Gasteiger charge is -2.09. The molecule has 0 saturated heterocycles. The lowest BCUT2D eigenvalue weighted by molar-refractivity contribution is 0.699. The number of hydrogen-bond donors (Lipinski definition) is 2. The Morgan fingerprint density at radius 1 is 1.44 bits per heavy atom. The third-order valence-electron chi connectivity index (χ3n) is 2.27. The van der Waals surface area contributed by atoms with Gasteiger partial charge >= 0.3 is 0 Å². The molecule has 0 spiro atoms. The topological polar surface area (TPSA) is 64.4 Å². The molecule has 1 atom stereocenters. The van der Waals surface area contributed by atoms with Crippen molar-refractivity contribution >= 4 is 22.6 Å². The first-order valence-electron chi connectivity index (χ1n) is 5.49. The molecule has 4 N–H and O–H groups in total. The van der Waals surface area contributed by atoms with Crippen LogP contribution >= 0.6 is 11.8 Å². The molecule has 16 heavy (non-hydrogen) atoms. The minimum atomic E-state index is 0.0789. The lowest BCUT2D eigenvalue weighted by atomic mass is 10.1. The van der Waals surface area contributed by atoms with Crippen molar-refractivity contribution in [2.45, 2.75) is 26.3 Å². The monoisotopic (exact) mass is 237 g/mol. The van der Waals surface area contributed by atoms with Gasteiger partial charge in [0.25, 0.3) is 0 Å². The largest absolute Gasteiger partial charge is 0.378 e. The minimum Gasteiger partial charge on any atom is -0.378 e. The molecular weight excluding hydrogens is 218 g/mol. The first-order chi connectivity index (χ1) is 7.67. The molecule has 1 unspecified atom stereocenters. The van der Waals surface area contributed by atoms with Crippen molar-refractivity contribution in [2.24, 2.45) is 16.5 Å². The zero-order chi connectivity index (χ0) is 12.0. The normalized spacial score (nSPS) is 13.8. The quantitative estimate of drug-likeness (QED) is 0.625. The maximum atomic E-state index is 5.97. The number of rotatable bonds is 4. The molecule has 0 aliphatic heterocycles. The van der Waals surface area contributed by atoms with Crippen LogP contribution in [-0.4, -0.2) is 10.9 Å². The molecule has 0 fully saturated rings. The maximum absolute atomic E-state index is 5.97. The van der Waals surface area contributed by atoms with Crippen molar-refractivity contribution in [3.63, 3.8) is 0 Å². The van der Waals surface area contributed by atoms with E-state index in [0.29, 0.717) is 5.17 Å². The van der Waals surface area contributed by atoms with Gasteiger partial charge in [-0.2, -0.15) is 0 Å². The first-order valence-corrected chi connectivity index (χ1v) is 6.48. The Bertz CT molecular complexity index is 363. The van der Waals surface area contributed by atoms with Crippen LogP contribution in [0.4, 0.5) is 5.69 Å². The van der Waals surface area contributed by atoms with E-state index in [1.807, 2.05) is 24.3 Å². The molecule has 0 saturated carbocycles. The second-order valence-electron chi connectivity index (χ2n) is 3.49. The Kier molecular flexibility index (Phi) is 5.35. The fourth-order valence-corrected chi connectivity index (χ4v) is 1.83. The van der Waals surface area contributed by atoms with Crippen LogP contribution in [0.2, 0.25) is 0 Å². The Morgan fingerprint density at radius 2 is 2.19 bits per heavy atom. The van der Waals surface area contributed by atoms with E-state index in [1.54, 1.807) is 11.8 Å². The fraction of sp³-hybridized carbons (Fsp3) is 0.417. The predicted molar refractivity (Wildman–Crippen MR) is 73.1 cm³/mol. The maximum Gasteiger partial charge on any atom is 0.159 e. The van der Waals surface area contributed by atoms with E-state index in [4.69, 9.17) is 11.5 Å². The number of nitrogens with two attached hydrogens (primary N) is 2.